The highest BCUT2D eigenvalue weighted by Gasteiger charge is 2.30. The molecule has 0 radical (unpaired) electrons. The molecule has 2 aromatic rings. The highest BCUT2D eigenvalue weighted by Crippen LogP contribution is 2.39. The molecule has 2 aliphatic carbocycles. The van der Waals surface area contributed by atoms with E-state index in [0.717, 1.165) is 47.6 Å². The fraction of sp³-hybridized carbons (Fsp3) is 0.417. The van der Waals surface area contributed by atoms with E-state index in [1.54, 1.807) is 0 Å². The van der Waals surface area contributed by atoms with Crippen LogP contribution in [0.4, 0.5) is 13.2 Å². The summed E-state index contributed by atoms with van der Waals surface area (Å²) in [7, 11) is 0. The molecule has 0 nitrogen and oxygen atoms in total. The molecule has 2 aromatic carbocycles. The summed E-state index contributed by atoms with van der Waals surface area (Å²) in [5.74, 6) is -0.485. The first-order valence-corrected chi connectivity index (χ1v) is 9.95. The molecule has 3 unspecified atom stereocenters. The third-order valence-electron chi connectivity index (χ3n) is 6.35. The van der Waals surface area contributed by atoms with Crippen LogP contribution < -0.4 is 0 Å². The average molecular weight is 370 g/mol. The predicted molar refractivity (Wildman–Crippen MR) is 103 cm³/mol. The van der Waals surface area contributed by atoms with Crippen LogP contribution in [0.1, 0.15) is 60.8 Å². The topological polar surface area (TPSA) is 0 Å². The van der Waals surface area contributed by atoms with Crippen LogP contribution in [-0.4, -0.2) is 6.17 Å². The minimum atomic E-state index is -0.763. The van der Waals surface area contributed by atoms with Crippen molar-refractivity contribution in [3.63, 3.8) is 0 Å². The van der Waals surface area contributed by atoms with Gasteiger partial charge in [-0.15, -0.1) is 0 Å². The summed E-state index contributed by atoms with van der Waals surface area (Å²) in [6.07, 6.45) is 5.99. The number of fused-ring (bicyclic) bond motifs is 1. The van der Waals surface area contributed by atoms with Crippen molar-refractivity contribution < 1.29 is 13.2 Å². The maximum atomic E-state index is 14.6. The first kappa shape index (κ1) is 18.3. The van der Waals surface area contributed by atoms with Crippen LogP contribution in [0.5, 0.6) is 0 Å². The van der Waals surface area contributed by atoms with Gasteiger partial charge in [0.1, 0.15) is 17.8 Å². The minimum Gasteiger partial charge on any atom is -0.247 e. The van der Waals surface area contributed by atoms with Crippen molar-refractivity contribution in [2.45, 2.75) is 57.5 Å². The monoisotopic (exact) mass is 370 g/mol. The van der Waals surface area contributed by atoms with Crippen molar-refractivity contribution in [3.05, 3.63) is 76.4 Å². The van der Waals surface area contributed by atoms with Gasteiger partial charge < -0.3 is 0 Å². The van der Waals surface area contributed by atoms with E-state index in [9.17, 15) is 13.2 Å². The van der Waals surface area contributed by atoms with Gasteiger partial charge in [0.25, 0.3) is 0 Å². The molecule has 2 aliphatic rings. The van der Waals surface area contributed by atoms with Crippen molar-refractivity contribution >= 4 is 5.57 Å². The van der Waals surface area contributed by atoms with E-state index in [4.69, 9.17) is 0 Å². The fourth-order valence-electron chi connectivity index (χ4n) is 4.65. The van der Waals surface area contributed by atoms with Crippen molar-refractivity contribution in [2.24, 2.45) is 5.92 Å². The van der Waals surface area contributed by atoms with Gasteiger partial charge in [-0.2, -0.15) is 0 Å². The standard InChI is InChI=1S/C24H25F3/c1-2-15-3-9-21(23(26)11-15)17-6-4-16(5-7-17)18-8-10-22-19(12-18)13-20(25)14-24(22)27/h4-8,13-15,21,23H,2-3,9-12H2,1H3. The third-order valence-corrected chi connectivity index (χ3v) is 6.35. The smallest absolute Gasteiger partial charge is 0.129 e. The average Bonchev–Trinajstić information content (AvgIpc) is 2.67. The lowest BCUT2D eigenvalue weighted by atomic mass is 9.76. The zero-order chi connectivity index (χ0) is 19.0. The van der Waals surface area contributed by atoms with Crippen LogP contribution in [0.25, 0.3) is 5.57 Å². The number of hydrogen-bond acceptors (Lipinski definition) is 0. The van der Waals surface area contributed by atoms with Gasteiger partial charge >= 0.3 is 0 Å². The van der Waals surface area contributed by atoms with E-state index in [2.05, 4.69) is 6.92 Å². The molecule has 0 heterocycles. The lowest BCUT2D eigenvalue weighted by Gasteiger charge is -2.31. The van der Waals surface area contributed by atoms with Gasteiger partial charge in [0.2, 0.25) is 0 Å². The third kappa shape index (κ3) is 3.69. The molecular weight excluding hydrogens is 345 g/mol. The van der Waals surface area contributed by atoms with Gasteiger partial charge in [0.05, 0.1) is 0 Å². The highest BCUT2D eigenvalue weighted by atomic mass is 19.1. The number of rotatable bonds is 3. The maximum absolute atomic E-state index is 14.6. The molecule has 0 amide bonds. The summed E-state index contributed by atoms with van der Waals surface area (Å²) in [5.41, 5.74) is 4.49. The second-order valence-corrected chi connectivity index (χ2v) is 7.97. The number of benzene rings is 2. The second-order valence-electron chi connectivity index (χ2n) is 7.97. The van der Waals surface area contributed by atoms with Gasteiger partial charge in [0.15, 0.2) is 0 Å². The van der Waals surface area contributed by atoms with Crippen molar-refractivity contribution in [3.8, 4) is 0 Å². The van der Waals surface area contributed by atoms with Gasteiger partial charge in [-0.25, -0.2) is 13.2 Å². The highest BCUT2D eigenvalue weighted by molar-refractivity contribution is 5.70. The number of hydrogen-bond donors (Lipinski definition) is 0. The van der Waals surface area contributed by atoms with Gasteiger partial charge in [-0.05, 0) is 71.9 Å². The maximum Gasteiger partial charge on any atom is 0.129 e. The molecule has 3 atom stereocenters. The summed E-state index contributed by atoms with van der Waals surface area (Å²) >= 11 is 0. The van der Waals surface area contributed by atoms with Gasteiger partial charge in [0, 0.05) is 12.0 Å². The molecule has 142 valence electrons. The first-order chi connectivity index (χ1) is 13.0. The lowest BCUT2D eigenvalue weighted by molar-refractivity contribution is 0.166. The molecule has 0 aromatic heterocycles. The molecule has 1 saturated carbocycles. The Kier molecular flexibility index (Phi) is 5.12. The van der Waals surface area contributed by atoms with Gasteiger partial charge in [-0.1, -0.05) is 43.7 Å². The Hall–Kier alpha value is -2.03. The molecule has 0 N–H and O–H groups in total. The minimum absolute atomic E-state index is 0.00824. The molecule has 4 rings (SSSR count). The Morgan fingerprint density at radius 1 is 1.04 bits per heavy atom. The molecule has 0 saturated heterocycles. The molecular formula is C24H25F3. The van der Waals surface area contributed by atoms with Crippen LogP contribution in [0, 0.1) is 17.6 Å². The lowest BCUT2D eigenvalue weighted by Crippen LogP contribution is -2.24. The molecule has 1 fully saturated rings. The van der Waals surface area contributed by atoms with Crippen LogP contribution >= 0.6 is 0 Å². The van der Waals surface area contributed by atoms with Gasteiger partial charge in [-0.3, -0.25) is 0 Å². The van der Waals surface area contributed by atoms with Crippen LogP contribution in [0.15, 0.2) is 42.5 Å². The summed E-state index contributed by atoms with van der Waals surface area (Å²) in [5, 5.41) is 0. The van der Waals surface area contributed by atoms with E-state index in [0.29, 0.717) is 30.7 Å². The molecule has 3 heteroatoms. The SMILES string of the molecule is CCC1CCC(c2ccc(C3=CCc4c(F)cc(F)cc4C3)cc2)C(F)C1. The Morgan fingerprint density at radius 2 is 1.81 bits per heavy atom. The van der Waals surface area contributed by atoms with E-state index in [-0.39, 0.29) is 5.92 Å². The Bertz CT molecular complexity index is 851. The van der Waals surface area contributed by atoms with Crippen molar-refractivity contribution in [1.82, 2.24) is 0 Å². The van der Waals surface area contributed by atoms with E-state index in [1.807, 2.05) is 30.3 Å². The number of allylic oxidation sites excluding steroid dienone is 2. The summed E-state index contributed by atoms with van der Waals surface area (Å²) in [4.78, 5) is 0. The van der Waals surface area contributed by atoms with Crippen LogP contribution in [0.3, 0.4) is 0 Å². The van der Waals surface area contributed by atoms with Crippen molar-refractivity contribution in [2.75, 3.05) is 0 Å². The molecule has 27 heavy (non-hydrogen) atoms. The number of alkyl halides is 1. The second kappa shape index (κ2) is 7.53. The molecule has 0 spiro atoms. The van der Waals surface area contributed by atoms with Crippen LogP contribution in [0.2, 0.25) is 0 Å². The largest absolute Gasteiger partial charge is 0.247 e. The zero-order valence-electron chi connectivity index (χ0n) is 15.7. The van der Waals surface area contributed by atoms with Crippen LogP contribution in [-0.2, 0) is 12.8 Å². The van der Waals surface area contributed by atoms with Crippen molar-refractivity contribution in [1.29, 1.82) is 0 Å². The summed E-state index contributed by atoms with van der Waals surface area (Å²) in [6, 6.07) is 10.5. The predicted octanol–water partition coefficient (Wildman–Crippen LogP) is 6.78. The molecule has 0 aliphatic heterocycles. The van der Waals surface area contributed by atoms with E-state index in [1.165, 1.54) is 6.07 Å². The van der Waals surface area contributed by atoms with E-state index < -0.39 is 17.8 Å². The number of halogens is 3. The summed E-state index contributed by atoms with van der Waals surface area (Å²) in [6.45, 7) is 2.14. The summed E-state index contributed by atoms with van der Waals surface area (Å²) < 4.78 is 42.0. The Balaban J connectivity index is 1.51. The van der Waals surface area contributed by atoms with E-state index >= 15 is 0 Å². The first-order valence-electron chi connectivity index (χ1n) is 9.95. The quantitative estimate of drug-likeness (QED) is 0.559. The fourth-order valence-corrected chi connectivity index (χ4v) is 4.65. The zero-order valence-corrected chi connectivity index (χ0v) is 15.7. The molecule has 0 bridgehead atoms. The Morgan fingerprint density at radius 3 is 2.52 bits per heavy atom. The Labute approximate surface area is 159 Å². The normalized spacial score (nSPS) is 25.0.